The molecule has 96 valence electrons. The van der Waals surface area contributed by atoms with E-state index in [0.717, 1.165) is 12.8 Å². The molecule has 0 aliphatic rings. The minimum atomic E-state index is -4.34. The molecule has 0 aromatic heterocycles. The number of hydrogen-bond acceptors (Lipinski definition) is 2. The molecule has 0 bridgehead atoms. The van der Waals surface area contributed by atoms with Gasteiger partial charge in [-0.15, -0.1) is 0 Å². The molecule has 0 radical (unpaired) electrons. The van der Waals surface area contributed by atoms with Crippen LogP contribution in [-0.4, -0.2) is 25.2 Å². The maximum Gasteiger partial charge on any atom is 0.405 e. The number of carbonyl (C=O) groups excluding carboxylic acids is 1. The van der Waals surface area contributed by atoms with Crippen LogP contribution in [0.25, 0.3) is 0 Å². The van der Waals surface area contributed by atoms with Gasteiger partial charge < -0.3 is 11.1 Å². The van der Waals surface area contributed by atoms with E-state index in [1.165, 1.54) is 0 Å². The Labute approximate surface area is 93.6 Å². The maximum absolute atomic E-state index is 11.8. The summed E-state index contributed by atoms with van der Waals surface area (Å²) in [6, 6.07) is 0. The van der Waals surface area contributed by atoms with Crippen molar-refractivity contribution >= 4 is 5.91 Å². The normalized spacial score (nSPS) is 13.6. The van der Waals surface area contributed by atoms with E-state index >= 15 is 0 Å². The van der Waals surface area contributed by atoms with Crippen LogP contribution in [0.2, 0.25) is 0 Å². The largest absolute Gasteiger partial charge is 0.405 e. The summed E-state index contributed by atoms with van der Waals surface area (Å²) >= 11 is 0. The molecule has 6 heteroatoms. The highest BCUT2D eigenvalue weighted by atomic mass is 19.4. The standard InChI is InChI=1S/C10H19F3N2O/c1-2-8(5-6-14)3-4-9(16)15-7-10(11,12)13/h8H,2-7,14H2,1H3,(H,15,16). The third kappa shape index (κ3) is 8.52. The third-order valence-electron chi connectivity index (χ3n) is 2.42. The van der Waals surface area contributed by atoms with E-state index in [1.807, 2.05) is 12.2 Å². The quantitative estimate of drug-likeness (QED) is 0.713. The average Bonchev–Trinajstić information content (AvgIpc) is 2.20. The lowest BCUT2D eigenvalue weighted by molar-refractivity contribution is -0.138. The van der Waals surface area contributed by atoms with Crippen LogP contribution in [0.1, 0.15) is 32.6 Å². The first-order chi connectivity index (χ1) is 7.39. The van der Waals surface area contributed by atoms with Crippen LogP contribution in [0.4, 0.5) is 13.2 Å². The van der Waals surface area contributed by atoms with Gasteiger partial charge in [-0.1, -0.05) is 13.3 Å². The molecule has 0 fully saturated rings. The second kappa shape index (κ2) is 7.49. The summed E-state index contributed by atoms with van der Waals surface area (Å²) in [7, 11) is 0. The van der Waals surface area contributed by atoms with E-state index in [2.05, 4.69) is 0 Å². The molecular weight excluding hydrogens is 221 g/mol. The lowest BCUT2D eigenvalue weighted by Crippen LogP contribution is -2.33. The molecule has 1 unspecified atom stereocenters. The summed E-state index contributed by atoms with van der Waals surface area (Å²) in [5.74, 6) is -0.227. The Kier molecular flexibility index (Phi) is 7.12. The van der Waals surface area contributed by atoms with E-state index in [0.29, 0.717) is 18.9 Å². The first-order valence-corrected chi connectivity index (χ1v) is 5.42. The zero-order valence-corrected chi connectivity index (χ0v) is 9.44. The van der Waals surface area contributed by atoms with Gasteiger partial charge in [0.2, 0.25) is 5.91 Å². The summed E-state index contributed by atoms with van der Waals surface area (Å²) in [6.07, 6.45) is -1.91. The molecule has 3 N–H and O–H groups in total. The predicted octanol–water partition coefficient (Wildman–Crippen LogP) is 1.82. The van der Waals surface area contributed by atoms with Crippen molar-refractivity contribution in [3.8, 4) is 0 Å². The summed E-state index contributed by atoms with van der Waals surface area (Å²) in [5.41, 5.74) is 5.38. The van der Waals surface area contributed by atoms with Crippen molar-refractivity contribution < 1.29 is 18.0 Å². The highest BCUT2D eigenvalue weighted by Crippen LogP contribution is 2.15. The zero-order chi connectivity index (χ0) is 12.6. The SMILES string of the molecule is CCC(CCN)CCC(=O)NCC(F)(F)F. The first kappa shape index (κ1) is 15.2. The third-order valence-corrected chi connectivity index (χ3v) is 2.42. The molecule has 1 atom stereocenters. The minimum absolute atomic E-state index is 0.134. The monoisotopic (exact) mass is 240 g/mol. The van der Waals surface area contributed by atoms with E-state index in [4.69, 9.17) is 5.73 Å². The Morgan fingerprint density at radius 3 is 2.44 bits per heavy atom. The van der Waals surface area contributed by atoms with Crippen molar-refractivity contribution in [3.05, 3.63) is 0 Å². The maximum atomic E-state index is 11.8. The topological polar surface area (TPSA) is 55.1 Å². The number of halogens is 3. The molecule has 0 aliphatic heterocycles. The van der Waals surface area contributed by atoms with Gasteiger partial charge in [-0.05, 0) is 25.3 Å². The highest BCUT2D eigenvalue weighted by molar-refractivity contribution is 5.75. The molecule has 0 heterocycles. The fourth-order valence-corrected chi connectivity index (χ4v) is 1.41. The Balaban J connectivity index is 3.71. The van der Waals surface area contributed by atoms with Crippen LogP contribution in [0.5, 0.6) is 0 Å². The van der Waals surface area contributed by atoms with Gasteiger partial charge in [-0.2, -0.15) is 13.2 Å². The summed E-state index contributed by atoms with van der Waals surface area (Å²) in [5, 5.41) is 1.85. The van der Waals surface area contributed by atoms with Crippen molar-refractivity contribution in [2.24, 2.45) is 11.7 Å². The number of nitrogens with two attached hydrogens (primary N) is 1. The summed E-state index contributed by atoms with van der Waals surface area (Å²) in [4.78, 5) is 11.1. The van der Waals surface area contributed by atoms with Gasteiger partial charge in [0.05, 0.1) is 0 Å². The van der Waals surface area contributed by atoms with Crippen LogP contribution < -0.4 is 11.1 Å². The Bertz CT molecular complexity index is 207. The smallest absolute Gasteiger partial charge is 0.347 e. The molecule has 3 nitrogen and oxygen atoms in total. The fraction of sp³-hybridized carbons (Fsp3) is 0.900. The molecule has 0 saturated heterocycles. The molecule has 0 spiro atoms. The number of rotatable bonds is 7. The second-order valence-electron chi connectivity index (χ2n) is 3.78. The number of nitrogens with one attached hydrogen (secondary N) is 1. The zero-order valence-electron chi connectivity index (χ0n) is 9.44. The van der Waals surface area contributed by atoms with Gasteiger partial charge in [0.25, 0.3) is 0 Å². The van der Waals surface area contributed by atoms with Gasteiger partial charge in [-0.3, -0.25) is 4.79 Å². The van der Waals surface area contributed by atoms with Crippen LogP contribution >= 0.6 is 0 Å². The van der Waals surface area contributed by atoms with Gasteiger partial charge in [-0.25, -0.2) is 0 Å². The summed E-state index contributed by atoms with van der Waals surface area (Å²) < 4.78 is 35.3. The number of alkyl halides is 3. The summed E-state index contributed by atoms with van der Waals surface area (Å²) in [6.45, 7) is 1.27. The molecule has 1 amide bonds. The predicted molar refractivity (Wildman–Crippen MR) is 55.8 cm³/mol. The Morgan fingerprint density at radius 1 is 1.38 bits per heavy atom. The lowest BCUT2D eigenvalue weighted by atomic mass is 9.96. The van der Waals surface area contributed by atoms with Crippen LogP contribution in [0, 0.1) is 5.92 Å². The molecule has 0 aliphatic carbocycles. The number of carbonyl (C=O) groups is 1. The van der Waals surface area contributed by atoms with Crippen LogP contribution in [0.3, 0.4) is 0 Å². The van der Waals surface area contributed by atoms with Gasteiger partial charge in [0, 0.05) is 6.42 Å². The molecule has 0 rings (SSSR count). The Morgan fingerprint density at radius 2 is 2.00 bits per heavy atom. The van der Waals surface area contributed by atoms with Crippen molar-refractivity contribution in [1.82, 2.24) is 5.32 Å². The molecule has 16 heavy (non-hydrogen) atoms. The molecule has 0 aromatic rings. The Hall–Kier alpha value is -0.780. The average molecular weight is 240 g/mol. The van der Waals surface area contributed by atoms with E-state index in [9.17, 15) is 18.0 Å². The van der Waals surface area contributed by atoms with E-state index < -0.39 is 18.6 Å². The van der Waals surface area contributed by atoms with E-state index in [1.54, 1.807) is 0 Å². The van der Waals surface area contributed by atoms with Crippen molar-refractivity contribution in [2.75, 3.05) is 13.1 Å². The minimum Gasteiger partial charge on any atom is -0.347 e. The van der Waals surface area contributed by atoms with Crippen molar-refractivity contribution in [3.63, 3.8) is 0 Å². The highest BCUT2D eigenvalue weighted by Gasteiger charge is 2.27. The molecule has 0 saturated carbocycles. The van der Waals surface area contributed by atoms with Gasteiger partial charge in [0.1, 0.15) is 6.54 Å². The van der Waals surface area contributed by atoms with Crippen LogP contribution in [-0.2, 0) is 4.79 Å². The number of hydrogen-bond donors (Lipinski definition) is 2. The van der Waals surface area contributed by atoms with Crippen LogP contribution in [0.15, 0.2) is 0 Å². The van der Waals surface area contributed by atoms with E-state index in [-0.39, 0.29) is 6.42 Å². The van der Waals surface area contributed by atoms with Gasteiger partial charge in [0.15, 0.2) is 0 Å². The fourth-order valence-electron chi connectivity index (χ4n) is 1.41. The van der Waals surface area contributed by atoms with Crippen molar-refractivity contribution in [2.45, 2.75) is 38.8 Å². The van der Waals surface area contributed by atoms with Gasteiger partial charge >= 0.3 is 6.18 Å². The molecule has 0 aromatic carbocycles. The number of amides is 1. The lowest BCUT2D eigenvalue weighted by Gasteiger charge is -2.13. The molecular formula is C10H19F3N2O. The van der Waals surface area contributed by atoms with Crippen molar-refractivity contribution in [1.29, 1.82) is 0 Å². The first-order valence-electron chi connectivity index (χ1n) is 5.42. The second-order valence-corrected chi connectivity index (χ2v) is 3.78.